The number of halogens is 3. The third-order valence-electron chi connectivity index (χ3n) is 2.87. The van der Waals surface area contributed by atoms with E-state index in [4.69, 9.17) is 23.2 Å². The van der Waals surface area contributed by atoms with Crippen LogP contribution in [0.1, 0.15) is 21.5 Å². The molecule has 0 N–H and O–H groups in total. The number of ketones is 1. The summed E-state index contributed by atoms with van der Waals surface area (Å²) < 4.78 is 13.7. The highest BCUT2D eigenvalue weighted by Gasteiger charge is 2.15. The smallest absolute Gasteiger partial charge is 0.168 e. The molecule has 0 amide bonds. The SMILES string of the molecule is Cc1cccc(C(=O)Cc2cccc(Cl)c2F)c1Cl. The van der Waals surface area contributed by atoms with Crippen LogP contribution < -0.4 is 0 Å². The molecule has 0 heterocycles. The van der Waals surface area contributed by atoms with Crippen LogP contribution in [0.4, 0.5) is 4.39 Å². The average Bonchev–Trinajstić information content (AvgIpc) is 2.38. The molecule has 98 valence electrons. The molecular formula is C15H11Cl2FO. The Hall–Kier alpha value is -1.38. The first-order chi connectivity index (χ1) is 9.00. The number of hydrogen-bond acceptors (Lipinski definition) is 1. The molecule has 0 aliphatic carbocycles. The molecule has 0 saturated carbocycles. The first kappa shape index (κ1) is 14.0. The van der Waals surface area contributed by atoms with Gasteiger partial charge < -0.3 is 0 Å². The fraction of sp³-hybridized carbons (Fsp3) is 0.133. The van der Waals surface area contributed by atoms with Gasteiger partial charge in [0.2, 0.25) is 0 Å². The van der Waals surface area contributed by atoms with Crippen molar-refractivity contribution in [1.82, 2.24) is 0 Å². The molecule has 0 bridgehead atoms. The molecule has 0 atom stereocenters. The van der Waals surface area contributed by atoms with E-state index >= 15 is 0 Å². The Morgan fingerprint density at radius 2 is 1.84 bits per heavy atom. The van der Waals surface area contributed by atoms with E-state index in [-0.39, 0.29) is 22.8 Å². The Kier molecular flexibility index (Phi) is 4.23. The number of benzene rings is 2. The van der Waals surface area contributed by atoms with Crippen LogP contribution in [-0.4, -0.2) is 5.78 Å². The molecule has 0 unspecified atom stereocenters. The van der Waals surface area contributed by atoms with Crippen molar-refractivity contribution in [2.75, 3.05) is 0 Å². The summed E-state index contributed by atoms with van der Waals surface area (Å²) in [5.74, 6) is -0.781. The standard InChI is InChI=1S/C15H11Cl2FO/c1-9-4-2-6-11(14(9)17)13(19)8-10-5-3-7-12(16)15(10)18/h2-7H,8H2,1H3. The van der Waals surface area contributed by atoms with Crippen molar-refractivity contribution in [2.24, 2.45) is 0 Å². The molecule has 19 heavy (non-hydrogen) atoms. The fourth-order valence-corrected chi connectivity index (χ4v) is 2.24. The Balaban J connectivity index is 2.31. The first-order valence-corrected chi connectivity index (χ1v) is 6.47. The summed E-state index contributed by atoms with van der Waals surface area (Å²) in [7, 11) is 0. The van der Waals surface area contributed by atoms with E-state index in [1.54, 1.807) is 24.3 Å². The van der Waals surface area contributed by atoms with Gasteiger partial charge in [0.1, 0.15) is 5.82 Å². The lowest BCUT2D eigenvalue weighted by Gasteiger charge is -2.07. The van der Waals surface area contributed by atoms with Gasteiger partial charge in [0, 0.05) is 12.0 Å². The lowest BCUT2D eigenvalue weighted by Crippen LogP contribution is -2.06. The van der Waals surface area contributed by atoms with Crippen molar-refractivity contribution in [1.29, 1.82) is 0 Å². The maximum atomic E-state index is 13.7. The number of Topliss-reactive ketones (excluding diaryl/α,β-unsaturated/α-hetero) is 1. The Bertz CT molecular complexity index is 638. The van der Waals surface area contributed by atoms with Gasteiger partial charge in [0.25, 0.3) is 0 Å². The van der Waals surface area contributed by atoms with Gasteiger partial charge >= 0.3 is 0 Å². The predicted molar refractivity (Wildman–Crippen MR) is 75.6 cm³/mol. The molecule has 2 aromatic rings. The molecule has 0 aliphatic heterocycles. The number of rotatable bonds is 3. The molecule has 0 radical (unpaired) electrons. The van der Waals surface area contributed by atoms with Gasteiger partial charge in [-0.05, 0) is 30.2 Å². The molecule has 0 fully saturated rings. The summed E-state index contributed by atoms with van der Waals surface area (Å²) >= 11 is 11.8. The van der Waals surface area contributed by atoms with E-state index in [0.717, 1.165) is 5.56 Å². The monoisotopic (exact) mass is 296 g/mol. The van der Waals surface area contributed by atoms with Gasteiger partial charge in [-0.25, -0.2) is 4.39 Å². The van der Waals surface area contributed by atoms with Crippen molar-refractivity contribution in [3.05, 3.63) is 69.0 Å². The lowest BCUT2D eigenvalue weighted by molar-refractivity contribution is 0.0992. The zero-order chi connectivity index (χ0) is 14.0. The summed E-state index contributed by atoms with van der Waals surface area (Å²) in [5, 5.41) is 0.426. The Morgan fingerprint density at radius 1 is 1.16 bits per heavy atom. The summed E-state index contributed by atoms with van der Waals surface area (Å²) in [4.78, 5) is 12.2. The van der Waals surface area contributed by atoms with Crippen molar-refractivity contribution in [2.45, 2.75) is 13.3 Å². The molecule has 0 aliphatic rings. The zero-order valence-corrected chi connectivity index (χ0v) is 11.7. The molecule has 0 saturated heterocycles. The summed E-state index contributed by atoms with van der Waals surface area (Å²) in [6.45, 7) is 1.82. The second-order valence-corrected chi connectivity index (χ2v) is 5.03. The number of carbonyl (C=O) groups is 1. The Morgan fingerprint density at radius 3 is 2.58 bits per heavy atom. The first-order valence-electron chi connectivity index (χ1n) is 5.72. The van der Waals surface area contributed by atoms with Crippen molar-refractivity contribution >= 4 is 29.0 Å². The summed E-state index contributed by atoms with van der Waals surface area (Å²) in [6, 6.07) is 9.82. The fourth-order valence-electron chi connectivity index (χ4n) is 1.82. The van der Waals surface area contributed by atoms with Gasteiger partial charge in [0.15, 0.2) is 5.78 Å². The van der Waals surface area contributed by atoms with Gasteiger partial charge in [-0.2, -0.15) is 0 Å². The van der Waals surface area contributed by atoms with Crippen LogP contribution in [0.5, 0.6) is 0 Å². The van der Waals surface area contributed by atoms with E-state index in [9.17, 15) is 9.18 Å². The van der Waals surface area contributed by atoms with E-state index in [1.165, 1.54) is 6.07 Å². The molecule has 0 spiro atoms. The summed E-state index contributed by atoms with van der Waals surface area (Å²) in [5.41, 5.74) is 1.50. The highest BCUT2D eigenvalue weighted by Crippen LogP contribution is 2.24. The van der Waals surface area contributed by atoms with Crippen LogP contribution >= 0.6 is 23.2 Å². The predicted octanol–water partition coefficient (Wildman–Crippen LogP) is 4.87. The topological polar surface area (TPSA) is 17.1 Å². The second kappa shape index (κ2) is 5.72. The largest absolute Gasteiger partial charge is 0.294 e. The van der Waals surface area contributed by atoms with Crippen LogP contribution in [0.3, 0.4) is 0 Å². The van der Waals surface area contributed by atoms with Crippen molar-refractivity contribution < 1.29 is 9.18 Å². The van der Waals surface area contributed by atoms with Gasteiger partial charge in [-0.3, -0.25) is 4.79 Å². The van der Waals surface area contributed by atoms with Crippen LogP contribution in [0.25, 0.3) is 0 Å². The second-order valence-electron chi connectivity index (χ2n) is 4.25. The third kappa shape index (κ3) is 2.96. The van der Waals surface area contributed by atoms with Crippen molar-refractivity contribution in [3.63, 3.8) is 0 Å². The van der Waals surface area contributed by atoms with Crippen LogP contribution in [0, 0.1) is 12.7 Å². The highest BCUT2D eigenvalue weighted by molar-refractivity contribution is 6.34. The lowest BCUT2D eigenvalue weighted by atomic mass is 10.0. The van der Waals surface area contributed by atoms with Crippen LogP contribution in [-0.2, 0) is 6.42 Å². The van der Waals surface area contributed by atoms with Gasteiger partial charge in [-0.1, -0.05) is 47.5 Å². The minimum Gasteiger partial charge on any atom is -0.294 e. The van der Waals surface area contributed by atoms with E-state index in [0.29, 0.717) is 10.6 Å². The number of carbonyl (C=O) groups excluding carboxylic acids is 1. The molecule has 2 aromatic carbocycles. The molecule has 4 heteroatoms. The van der Waals surface area contributed by atoms with E-state index in [1.807, 2.05) is 13.0 Å². The minimum atomic E-state index is -0.554. The zero-order valence-electron chi connectivity index (χ0n) is 10.2. The number of aryl methyl sites for hydroxylation is 1. The highest BCUT2D eigenvalue weighted by atomic mass is 35.5. The van der Waals surface area contributed by atoms with Gasteiger partial charge in [0.05, 0.1) is 10.0 Å². The summed E-state index contributed by atoms with van der Waals surface area (Å²) in [6.07, 6.45) is -0.0600. The van der Waals surface area contributed by atoms with Gasteiger partial charge in [-0.15, -0.1) is 0 Å². The molecular weight excluding hydrogens is 286 g/mol. The third-order valence-corrected chi connectivity index (χ3v) is 3.67. The molecule has 1 nitrogen and oxygen atoms in total. The van der Waals surface area contributed by atoms with Crippen LogP contribution in [0.2, 0.25) is 10.0 Å². The van der Waals surface area contributed by atoms with E-state index < -0.39 is 5.82 Å². The number of hydrogen-bond donors (Lipinski definition) is 0. The Labute approximate surface area is 121 Å². The minimum absolute atomic E-state index is 0.0145. The maximum Gasteiger partial charge on any atom is 0.168 e. The normalized spacial score (nSPS) is 10.5. The quantitative estimate of drug-likeness (QED) is 0.739. The molecule has 0 aromatic heterocycles. The van der Waals surface area contributed by atoms with Crippen molar-refractivity contribution in [3.8, 4) is 0 Å². The average molecular weight is 297 g/mol. The van der Waals surface area contributed by atoms with Crippen LogP contribution in [0.15, 0.2) is 36.4 Å². The molecule has 2 rings (SSSR count). The maximum absolute atomic E-state index is 13.7. The van der Waals surface area contributed by atoms with E-state index in [2.05, 4.69) is 0 Å².